The van der Waals surface area contributed by atoms with E-state index in [1.165, 1.54) is 49.7 Å². The van der Waals surface area contributed by atoms with E-state index in [0.717, 1.165) is 6.42 Å². The molecule has 0 saturated carbocycles. The second-order valence-electron chi connectivity index (χ2n) is 4.32. The van der Waals surface area contributed by atoms with E-state index in [2.05, 4.69) is 37.8 Å². The van der Waals surface area contributed by atoms with Gasteiger partial charge in [-0.3, -0.25) is 0 Å². The van der Waals surface area contributed by atoms with Crippen molar-refractivity contribution in [2.24, 2.45) is 0 Å². The standard InChI is InChI=1S/C16H23/c1-3-5-6-7-8-9-10-16-13-11-15(4-2)12-14-16/h4,11-14H,1-3,5-10H2. The van der Waals surface area contributed by atoms with Crippen molar-refractivity contribution in [2.45, 2.75) is 44.9 Å². The van der Waals surface area contributed by atoms with Crippen LogP contribution in [0.1, 0.15) is 49.7 Å². The molecule has 87 valence electrons. The van der Waals surface area contributed by atoms with Gasteiger partial charge in [0.15, 0.2) is 0 Å². The van der Waals surface area contributed by atoms with Crippen molar-refractivity contribution in [1.29, 1.82) is 0 Å². The zero-order chi connectivity index (χ0) is 11.6. The highest BCUT2D eigenvalue weighted by atomic mass is 14.0. The van der Waals surface area contributed by atoms with Gasteiger partial charge in [-0.1, -0.05) is 75.9 Å². The summed E-state index contributed by atoms with van der Waals surface area (Å²) in [6.45, 7) is 7.62. The summed E-state index contributed by atoms with van der Waals surface area (Å²) in [6, 6.07) is 8.72. The topological polar surface area (TPSA) is 0 Å². The first-order valence-electron chi connectivity index (χ1n) is 6.37. The molecule has 1 radical (unpaired) electrons. The Morgan fingerprint density at radius 3 is 2.12 bits per heavy atom. The summed E-state index contributed by atoms with van der Waals surface area (Å²) in [4.78, 5) is 0. The second kappa shape index (κ2) is 8.15. The van der Waals surface area contributed by atoms with Gasteiger partial charge in [-0.15, -0.1) is 0 Å². The summed E-state index contributed by atoms with van der Waals surface area (Å²) in [7, 11) is 0. The van der Waals surface area contributed by atoms with E-state index >= 15 is 0 Å². The molecule has 1 aromatic carbocycles. The number of benzene rings is 1. The van der Waals surface area contributed by atoms with Crippen molar-refractivity contribution >= 4 is 6.08 Å². The lowest BCUT2D eigenvalue weighted by atomic mass is 10.0. The minimum absolute atomic E-state index is 1.09. The third kappa shape index (κ3) is 5.16. The Labute approximate surface area is 100 Å². The van der Waals surface area contributed by atoms with E-state index in [9.17, 15) is 0 Å². The summed E-state index contributed by atoms with van der Waals surface area (Å²) in [5, 5.41) is 0. The molecule has 0 bridgehead atoms. The van der Waals surface area contributed by atoms with Crippen molar-refractivity contribution < 1.29 is 0 Å². The highest BCUT2D eigenvalue weighted by Gasteiger charge is 1.94. The molecule has 0 heterocycles. The predicted molar refractivity (Wildman–Crippen MR) is 73.3 cm³/mol. The smallest absolute Gasteiger partial charge is 0.0262 e. The molecule has 0 atom stereocenters. The average molecular weight is 215 g/mol. The van der Waals surface area contributed by atoms with Gasteiger partial charge >= 0.3 is 0 Å². The summed E-state index contributed by atoms with van der Waals surface area (Å²) in [5.74, 6) is 0. The normalized spacial score (nSPS) is 10.3. The van der Waals surface area contributed by atoms with Gasteiger partial charge in [-0.2, -0.15) is 0 Å². The van der Waals surface area contributed by atoms with Gasteiger partial charge in [0.2, 0.25) is 0 Å². The molecule has 0 nitrogen and oxygen atoms in total. The maximum atomic E-state index is 3.86. The Morgan fingerprint density at radius 1 is 0.875 bits per heavy atom. The van der Waals surface area contributed by atoms with Gasteiger partial charge in [0.1, 0.15) is 0 Å². The van der Waals surface area contributed by atoms with E-state index in [4.69, 9.17) is 0 Å². The van der Waals surface area contributed by atoms with E-state index in [1.54, 1.807) is 0 Å². The molecule has 0 aliphatic carbocycles. The minimum Gasteiger partial charge on any atom is -0.0985 e. The lowest BCUT2D eigenvalue weighted by Gasteiger charge is -2.02. The molecule has 0 aliphatic rings. The molecule has 16 heavy (non-hydrogen) atoms. The van der Waals surface area contributed by atoms with Crippen molar-refractivity contribution in [3.8, 4) is 0 Å². The maximum Gasteiger partial charge on any atom is -0.0262 e. The quantitative estimate of drug-likeness (QED) is 0.532. The third-order valence-corrected chi connectivity index (χ3v) is 2.93. The fraction of sp³-hybridized carbons (Fsp3) is 0.438. The van der Waals surface area contributed by atoms with E-state index in [-0.39, 0.29) is 0 Å². The second-order valence-corrected chi connectivity index (χ2v) is 4.32. The van der Waals surface area contributed by atoms with Gasteiger partial charge in [0.25, 0.3) is 0 Å². The first kappa shape index (κ1) is 13.0. The molecule has 0 amide bonds. The minimum atomic E-state index is 1.09. The molecule has 0 fully saturated rings. The van der Waals surface area contributed by atoms with E-state index in [0.29, 0.717) is 0 Å². The fourth-order valence-electron chi connectivity index (χ4n) is 1.86. The molecule has 1 rings (SSSR count). The van der Waals surface area contributed by atoms with Gasteiger partial charge in [-0.05, 0) is 24.0 Å². The number of hydrogen-bond donors (Lipinski definition) is 0. The van der Waals surface area contributed by atoms with Crippen LogP contribution in [0.3, 0.4) is 0 Å². The van der Waals surface area contributed by atoms with Crippen LogP contribution in [-0.4, -0.2) is 0 Å². The highest BCUT2D eigenvalue weighted by molar-refractivity contribution is 5.47. The van der Waals surface area contributed by atoms with Gasteiger partial charge < -0.3 is 0 Å². The number of unbranched alkanes of at least 4 members (excludes halogenated alkanes) is 5. The van der Waals surface area contributed by atoms with Crippen molar-refractivity contribution in [3.63, 3.8) is 0 Å². The summed E-state index contributed by atoms with van der Waals surface area (Å²) >= 11 is 0. The van der Waals surface area contributed by atoms with Crippen LogP contribution >= 0.6 is 0 Å². The Balaban J connectivity index is 2.14. The van der Waals surface area contributed by atoms with Crippen LogP contribution < -0.4 is 0 Å². The van der Waals surface area contributed by atoms with E-state index < -0.39 is 0 Å². The number of aryl methyl sites for hydroxylation is 1. The fourth-order valence-corrected chi connectivity index (χ4v) is 1.86. The number of hydrogen-bond acceptors (Lipinski definition) is 0. The molecule has 0 unspecified atom stereocenters. The zero-order valence-electron chi connectivity index (χ0n) is 10.3. The summed E-state index contributed by atoms with van der Waals surface area (Å²) in [5.41, 5.74) is 2.65. The van der Waals surface area contributed by atoms with Crippen LogP contribution in [0.25, 0.3) is 6.08 Å². The van der Waals surface area contributed by atoms with Gasteiger partial charge in [0, 0.05) is 0 Å². The van der Waals surface area contributed by atoms with Crippen LogP contribution in [-0.2, 0) is 6.42 Å². The Hall–Kier alpha value is -1.04. The molecule has 0 aromatic heterocycles. The molecule has 0 aliphatic heterocycles. The first-order valence-corrected chi connectivity index (χ1v) is 6.37. The van der Waals surface area contributed by atoms with Gasteiger partial charge in [-0.25, -0.2) is 0 Å². The van der Waals surface area contributed by atoms with E-state index in [1.807, 2.05) is 6.08 Å². The lowest BCUT2D eigenvalue weighted by Crippen LogP contribution is -1.86. The zero-order valence-corrected chi connectivity index (χ0v) is 10.3. The molecular weight excluding hydrogens is 192 g/mol. The van der Waals surface area contributed by atoms with Crippen LogP contribution in [0.4, 0.5) is 0 Å². The maximum absolute atomic E-state index is 3.86. The predicted octanol–water partition coefficient (Wildman–Crippen LogP) is 5.05. The van der Waals surface area contributed by atoms with Gasteiger partial charge in [0.05, 0.1) is 0 Å². The number of rotatable bonds is 8. The van der Waals surface area contributed by atoms with Crippen molar-refractivity contribution in [2.75, 3.05) is 0 Å². The SMILES string of the molecule is [CH2]CCCCCCCc1ccc(C=C)cc1. The van der Waals surface area contributed by atoms with Crippen LogP contribution in [0, 0.1) is 6.92 Å². The average Bonchev–Trinajstić information content (AvgIpc) is 2.34. The molecule has 0 spiro atoms. The van der Waals surface area contributed by atoms with Crippen molar-refractivity contribution in [1.82, 2.24) is 0 Å². The molecule has 0 saturated heterocycles. The highest BCUT2D eigenvalue weighted by Crippen LogP contribution is 2.11. The molecule has 1 aromatic rings. The third-order valence-electron chi connectivity index (χ3n) is 2.93. The molecule has 0 N–H and O–H groups in total. The summed E-state index contributed by atoms with van der Waals surface area (Å²) < 4.78 is 0. The monoisotopic (exact) mass is 215 g/mol. The Bertz CT molecular complexity index is 281. The molecule has 0 heteroatoms. The van der Waals surface area contributed by atoms with Crippen LogP contribution in [0.2, 0.25) is 0 Å². The first-order chi connectivity index (χ1) is 7.86. The molecular formula is C16H23. The largest absolute Gasteiger partial charge is 0.0985 e. The Morgan fingerprint density at radius 2 is 1.50 bits per heavy atom. The Kier molecular flexibility index (Phi) is 6.64. The van der Waals surface area contributed by atoms with Crippen LogP contribution in [0.15, 0.2) is 30.8 Å². The van der Waals surface area contributed by atoms with Crippen molar-refractivity contribution in [3.05, 3.63) is 48.9 Å². The summed E-state index contributed by atoms with van der Waals surface area (Å²) in [6.07, 6.45) is 10.8. The van der Waals surface area contributed by atoms with Crippen LogP contribution in [0.5, 0.6) is 0 Å². The lowest BCUT2D eigenvalue weighted by molar-refractivity contribution is 0.617.